The molecule has 4 rings (SSSR count). The van der Waals surface area contributed by atoms with Gasteiger partial charge in [-0.05, 0) is 32.0 Å². The molecule has 2 aromatic carbocycles. The lowest BCUT2D eigenvalue weighted by molar-refractivity contribution is -0.113. The van der Waals surface area contributed by atoms with Crippen molar-refractivity contribution < 1.29 is 19.0 Å². The summed E-state index contributed by atoms with van der Waals surface area (Å²) in [6.45, 7) is 4.17. The molecule has 0 bridgehead atoms. The van der Waals surface area contributed by atoms with Crippen molar-refractivity contribution in [2.75, 3.05) is 31.5 Å². The first-order valence-electron chi connectivity index (χ1n) is 10.2. The molecule has 2 N–H and O–H groups in total. The SMILES string of the molecule is CCOc1c(OC)cccc1C1C(C(=O)Nc2ccccc2OC)=C(C)Nc2ncnn21. The Bertz CT molecular complexity index is 1170. The molecule has 9 heteroatoms. The standard InChI is InChI=1S/C23H25N5O4/c1-5-32-21-15(9-8-12-18(21)31-4)20-19(14(2)26-23-24-13-25-28(20)23)22(29)27-16-10-6-7-11-17(16)30-3/h6-13,20H,5H2,1-4H3,(H,27,29)(H,24,25,26). The third-order valence-electron chi connectivity index (χ3n) is 5.21. The monoisotopic (exact) mass is 435 g/mol. The number of benzene rings is 2. The predicted molar refractivity (Wildman–Crippen MR) is 120 cm³/mol. The fourth-order valence-corrected chi connectivity index (χ4v) is 3.82. The first kappa shape index (κ1) is 21.2. The molecule has 32 heavy (non-hydrogen) atoms. The zero-order chi connectivity index (χ0) is 22.7. The van der Waals surface area contributed by atoms with Crippen LogP contribution in [0.25, 0.3) is 0 Å². The fraction of sp³-hybridized carbons (Fsp3) is 0.261. The first-order chi connectivity index (χ1) is 15.6. The van der Waals surface area contributed by atoms with Crippen LogP contribution in [0, 0.1) is 0 Å². The van der Waals surface area contributed by atoms with Gasteiger partial charge in [-0.25, -0.2) is 4.68 Å². The Hall–Kier alpha value is -4.01. The number of hydrogen-bond donors (Lipinski definition) is 2. The van der Waals surface area contributed by atoms with E-state index in [4.69, 9.17) is 14.2 Å². The predicted octanol–water partition coefficient (Wildman–Crippen LogP) is 3.62. The second-order valence-electron chi connectivity index (χ2n) is 7.06. The van der Waals surface area contributed by atoms with Crippen molar-refractivity contribution in [1.82, 2.24) is 14.8 Å². The Morgan fingerprint density at radius 3 is 2.62 bits per heavy atom. The summed E-state index contributed by atoms with van der Waals surface area (Å²) < 4.78 is 18.5. The van der Waals surface area contributed by atoms with E-state index in [0.29, 0.717) is 46.8 Å². The molecule has 1 atom stereocenters. The summed E-state index contributed by atoms with van der Waals surface area (Å²) in [5, 5.41) is 10.5. The minimum atomic E-state index is -0.583. The summed E-state index contributed by atoms with van der Waals surface area (Å²) in [6.07, 6.45) is 1.45. The van der Waals surface area contributed by atoms with Crippen LogP contribution in [0.1, 0.15) is 25.5 Å². The molecule has 166 valence electrons. The summed E-state index contributed by atoms with van der Waals surface area (Å²) >= 11 is 0. The number of ether oxygens (including phenoxy) is 3. The topological polar surface area (TPSA) is 99.5 Å². The Kier molecular flexibility index (Phi) is 5.98. The zero-order valence-electron chi connectivity index (χ0n) is 18.4. The zero-order valence-corrected chi connectivity index (χ0v) is 18.4. The van der Waals surface area contributed by atoms with E-state index in [9.17, 15) is 4.79 Å². The van der Waals surface area contributed by atoms with Crippen molar-refractivity contribution >= 4 is 17.5 Å². The van der Waals surface area contributed by atoms with Gasteiger partial charge in [0, 0.05) is 11.3 Å². The number of allylic oxidation sites excluding steroid dienone is 1. The Balaban J connectivity index is 1.84. The molecular weight excluding hydrogens is 410 g/mol. The number of nitrogens with zero attached hydrogens (tertiary/aromatic N) is 3. The highest BCUT2D eigenvalue weighted by atomic mass is 16.5. The third-order valence-corrected chi connectivity index (χ3v) is 5.21. The highest BCUT2D eigenvalue weighted by Crippen LogP contribution is 2.43. The molecule has 0 aliphatic carbocycles. The molecule has 9 nitrogen and oxygen atoms in total. The van der Waals surface area contributed by atoms with Crippen LogP contribution in [0.5, 0.6) is 17.2 Å². The molecule has 0 fully saturated rings. The van der Waals surface area contributed by atoms with E-state index in [-0.39, 0.29) is 5.91 Å². The third kappa shape index (κ3) is 3.73. The number of methoxy groups -OCH3 is 2. The van der Waals surface area contributed by atoms with Crippen LogP contribution >= 0.6 is 0 Å². The van der Waals surface area contributed by atoms with Gasteiger partial charge in [-0.1, -0.05) is 24.3 Å². The number of nitrogens with one attached hydrogen (secondary N) is 2. The van der Waals surface area contributed by atoms with E-state index in [0.717, 1.165) is 5.56 Å². The number of rotatable bonds is 7. The average Bonchev–Trinajstić information content (AvgIpc) is 3.27. The Labute approximate surface area is 186 Å². The van der Waals surface area contributed by atoms with Gasteiger partial charge in [0.05, 0.1) is 32.1 Å². The molecule has 1 aromatic heterocycles. The average molecular weight is 435 g/mol. The Morgan fingerprint density at radius 2 is 1.88 bits per heavy atom. The molecule has 0 saturated carbocycles. The number of anilines is 2. The number of hydrogen-bond acceptors (Lipinski definition) is 7. The number of para-hydroxylation sites is 3. The Morgan fingerprint density at radius 1 is 1.12 bits per heavy atom. The molecule has 0 radical (unpaired) electrons. The van der Waals surface area contributed by atoms with Gasteiger partial charge in [0.15, 0.2) is 11.5 Å². The maximum Gasteiger partial charge on any atom is 0.255 e. The molecule has 1 amide bonds. The summed E-state index contributed by atoms with van der Waals surface area (Å²) in [6, 6.07) is 12.3. The highest BCUT2D eigenvalue weighted by molar-refractivity contribution is 6.06. The van der Waals surface area contributed by atoms with Crippen LogP contribution in [-0.2, 0) is 4.79 Å². The van der Waals surface area contributed by atoms with Crippen LogP contribution in [0.15, 0.2) is 60.1 Å². The molecule has 2 heterocycles. The van der Waals surface area contributed by atoms with Crippen molar-refractivity contribution in [2.45, 2.75) is 19.9 Å². The quantitative estimate of drug-likeness (QED) is 0.585. The molecule has 1 unspecified atom stereocenters. The highest BCUT2D eigenvalue weighted by Gasteiger charge is 2.36. The number of aromatic nitrogens is 3. The number of fused-ring (bicyclic) bond motifs is 1. The van der Waals surface area contributed by atoms with E-state index in [1.54, 1.807) is 31.0 Å². The lowest BCUT2D eigenvalue weighted by atomic mass is 9.94. The largest absolute Gasteiger partial charge is 0.495 e. The number of amides is 1. The van der Waals surface area contributed by atoms with Crippen molar-refractivity contribution in [1.29, 1.82) is 0 Å². The van der Waals surface area contributed by atoms with Gasteiger partial charge in [0.25, 0.3) is 5.91 Å². The summed E-state index contributed by atoms with van der Waals surface area (Å²) in [4.78, 5) is 17.9. The van der Waals surface area contributed by atoms with Crippen molar-refractivity contribution in [3.05, 3.63) is 65.6 Å². The van der Waals surface area contributed by atoms with Gasteiger partial charge >= 0.3 is 0 Å². The number of carbonyl (C=O) groups excluding carboxylic acids is 1. The van der Waals surface area contributed by atoms with Gasteiger partial charge in [0.2, 0.25) is 5.95 Å². The van der Waals surface area contributed by atoms with Gasteiger partial charge in [0.1, 0.15) is 18.1 Å². The molecule has 0 spiro atoms. The molecule has 1 aliphatic heterocycles. The smallest absolute Gasteiger partial charge is 0.255 e. The first-order valence-corrected chi connectivity index (χ1v) is 10.2. The fourth-order valence-electron chi connectivity index (χ4n) is 3.82. The minimum Gasteiger partial charge on any atom is -0.495 e. The van der Waals surface area contributed by atoms with Crippen molar-refractivity contribution in [3.63, 3.8) is 0 Å². The van der Waals surface area contributed by atoms with Crippen molar-refractivity contribution in [3.8, 4) is 17.2 Å². The summed E-state index contributed by atoms with van der Waals surface area (Å²) in [5.41, 5.74) is 2.44. The van der Waals surface area contributed by atoms with Crippen LogP contribution in [0.2, 0.25) is 0 Å². The second-order valence-corrected chi connectivity index (χ2v) is 7.06. The maximum atomic E-state index is 13.6. The van der Waals surface area contributed by atoms with Crippen LogP contribution in [0.3, 0.4) is 0 Å². The van der Waals surface area contributed by atoms with Crippen LogP contribution < -0.4 is 24.8 Å². The van der Waals surface area contributed by atoms with Gasteiger partial charge in [-0.15, -0.1) is 0 Å². The van der Waals surface area contributed by atoms with E-state index >= 15 is 0 Å². The summed E-state index contributed by atoms with van der Waals surface area (Å²) in [7, 11) is 3.15. The van der Waals surface area contributed by atoms with Crippen molar-refractivity contribution in [2.24, 2.45) is 0 Å². The minimum absolute atomic E-state index is 0.295. The van der Waals surface area contributed by atoms with Gasteiger partial charge < -0.3 is 24.8 Å². The van der Waals surface area contributed by atoms with Crippen LogP contribution in [0.4, 0.5) is 11.6 Å². The number of carbonyl (C=O) groups is 1. The lowest BCUT2D eigenvalue weighted by Gasteiger charge is -2.30. The maximum absolute atomic E-state index is 13.6. The molecule has 0 saturated heterocycles. The van der Waals surface area contributed by atoms with E-state index in [2.05, 4.69) is 20.7 Å². The normalized spacial score (nSPS) is 14.9. The van der Waals surface area contributed by atoms with E-state index in [1.165, 1.54) is 6.33 Å². The van der Waals surface area contributed by atoms with Gasteiger partial charge in [-0.2, -0.15) is 10.1 Å². The molecule has 3 aromatic rings. The van der Waals surface area contributed by atoms with Crippen LogP contribution in [-0.4, -0.2) is 41.5 Å². The lowest BCUT2D eigenvalue weighted by Crippen LogP contribution is -2.32. The van der Waals surface area contributed by atoms with E-state index in [1.807, 2.05) is 44.2 Å². The molecule has 1 aliphatic rings. The van der Waals surface area contributed by atoms with Gasteiger partial charge in [-0.3, -0.25) is 4.79 Å². The second kappa shape index (κ2) is 9.01. The summed E-state index contributed by atoms with van der Waals surface area (Å²) in [5.74, 6) is 1.94. The molecular formula is C23H25N5O4. The van der Waals surface area contributed by atoms with E-state index < -0.39 is 6.04 Å².